The number of aromatic nitrogens is 2. The molecule has 0 aliphatic heterocycles. The second-order valence-corrected chi connectivity index (χ2v) is 6.10. The number of anilines is 1. The number of benzene rings is 1. The molecule has 0 saturated carbocycles. The van der Waals surface area contributed by atoms with Gasteiger partial charge in [0.25, 0.3) is 0 Å². The van der Waals surface area contributed by atoms with Crippen LogP contribution in [0.5, 0.6) is 0 Å². The molecule has 0 aliphatic carbocycles. The third-order valence-electron chi connectivity index (χ3n) is 2.61. The Balaban J connectivity index is 2.22. The summed E-state index contributed by atoms with van der Waals surface area (Å²) < 4.78 is 2.92. The number of rotatable bonds is 3. The highest BCUT2D eigenvalue weighted by molar-refractivity contribution is 9.10. The molecule has 1 heterocycles. The Hall–Kier alpha value is -0.650. The van der Waals surface area contributed by atoms with Crippen LogP contribution in [0.15, 0.2) is 27.6 Å². The summed E-state index contributed by atoms with van der Waals surface area (Å²) in [5.41, 5.74) is 8.75. The van der Waals surface area contributed by atoms with E-state index in [1.807, 2.05) is 36.9 Å². The standard InChI is InChI=1S/C12H13BrClN3S/c1-7-11(13)10(17(2)16-7)6-18-12-8(14)4-3-5-9(12)15/h3-5H,6,15H2,1-2H3. The Morgan fingerprint density at radius 2 is 2.22 bits per heavy atom. The molecular formula is C12H13BrClN3S. The second-order valence-electron chi connectivity index (χ2n) is 3.92. The maximum absolute atomic E-state index is 6.15. The lowest BCUT2D eigenvalue weighted by Crippen LogP contribution is -1.97. The van der Waals surface area contributed by atoms with Crippen molar-refractivity contribution < 1.29 is 0 Å². The molecule has 2 aromatic rings. The first kappa shape index (κ1) is 13.8. The summed E-state index contributed by atoms with van der Waals surface area (Å²) in [6.45, 7) is 1.97. The van der Waals surface area contributed by atoms with E-state index in [1.54, 1.807) is 11.8 Å². The van der Waals surface area contributed by atoms with E-state index in [-0.39, 0.29) is 0 Å². The van der Waals surface area contributed by atoms with E-state index in [4.69, 9.17) is 17.3 Å². The van der Waals surface area contributed by atoms with Gasteiger partial charge in [-0.1, -0.05) is 17.7 Å². The van der Waals surface area contributed by atoms with Gasteiger partial charge < -0.3 is 5.73 Å². The van der Waals surface area contributed by atoms with Crippen LogP contribution in [-0.4, -0.2) is 9.78 Å². The Morgan fingerprint density at radius 3 is 2.78 bits per heavy atom. The van der Waals surface area contributed by atoms with Gasteiger partial charge in [-0.15, -0.1) is 11.8 Å². The lowest BCUT2D eigenvalue weighted by molar-refractivity contribution is 0.727. The van der Waals surface area contributed by atoms with Crippen molar-refractivity contribution in [1.29, 1.82) is 0 Å². The average Bonchev–Trinajstić information content (AvgIpc) is 2.54. The van der Waals surface area contributed by atoms with Gasteiger partial charge in [-0.05, 0) is 35.0 Å². The van der Waals surface area contributed by atoms with Crippen LogP contribution in [0.3, 0.4) is 0 Å². The number of hydrogen-bond donors (Lipinski definition) is 1. The maximum Gasteiger partial charge on any atom is 0.0738 e. The molecule has 0 aliphatic rings. The van der Waals surface area contributed by atoms with E-state index < -0.39 is 0 Å². The highest BCUT2D eigenvalue weighted by atomic mass is 79.9. The first-order valence-electron chi connectivity index (χ1n) is 5.35. The molecule has 1 aromatic heterocycles. The van der Waals surface area contributed by atoms with Crippen molar-refractivity contribution in [2.75, 3.05) is 5.73 Å². The number of thioether (sulfide) groups is 1. The number of nitrogens with two attached hydrogens (primary N) is 1. The van der Waals surface area contributed by atoms with Crippen molar-refractivity contribution in [2.45, 2.75) is 17.6 Å². The molecule has 2 rings (SSSR count). The van der Waals surface area contributed by atoms with Crippen LogP contribution in [0.2, 0.25) is 5.02 Å². The second kappa shape index (κ2) is 5.55. The zero-order valence-electron chi connectivity index (χ0n) is 10.1. The Kier molecular flexibility index (Phi) is 4.25. The van der Waals surface area contributed by atoms with Gasteiger partial charge in [0.1, 0.15) is 0 Å². The van der Waals surface area contributed by atoms with E-state index in [0.29, 0.717) is 10.7 Å². The van der Waals surface area contributed by atoms with Gasteiger partial charge in [0.15, 0.2) is 0 Å². The predicted octanol–water partition coefficient (Wildman–Crippen LogP) is 4.02. The summed E-state index contributed by atoms with van der Waals surface area (Å²) in [7, 11) is 1.93. The number of aryl methyl sites for hydroxylation is 2. The smallest absolute Gasteiger partial charge is 0.0738 e. The van der Waals surface area contributed by atoms with Crippen LogP contribution in [0, 0.1) is 6.92 Å². The van der Waals surface area contributed by atoms with E-state index in [2.05, 4.69) is 21.0 Å². The summed E-state index contributed by atoms with van der Waals surface area (Å²) in [6.07, 6.45) is 0. The SMILES string of the molecule is Cc1nn(C)c(CSc2c(N)cccc2Cl)c1Br. The van der Waals surface area contributed by atoms with Gasteiger partial charge in [-0.2, -0.15) is 5.10 Å². The lowest BCUT2D eigenvalue weighted by atomic mass is 10.3. The quantitative estimate of drug-likeness (QED) is 0.674. The predicted molar refractivity (Wildman–Crippen MR) is 81.1 cm³/mol. The van der Waals surface area contributed by atoms with Crippen LogP contribution in [-0.2, 0) is 12.8 Å². The minimum absolute atomic E-state index is 0.690. The van der Waals surface area contributed by atoms with Crippen LogP contribution >= 0.6 is 39.3 Å². The van der Waals surface area contributed by atoms with Crippen molar-refractivity contribution >= 4 is 45.0 Å². The lowest BCUT2D eigenvalue weighted by Gasteiger charge is -2.08. The number of nitrogens with zero attached hydrogens (tertiary/aromatic N) is 2. The van der Waals surface area contributed by atoms with Gasteiger partial charge in [0.2, 0.25) is 0 Å². The first-order valence-corrected chi connectivity index (χ1v) is 7.51. The topological polar surface area (TPSA) is 43.8 Å². The van der Waals surface area contributed by atoms with E-state index in [0.717, 1.165) is 26.5 Å². The number of nitrogen functional groups attached to an aromatic ring is 1. The highest BCUT2D eigenvalue weighted by Gasteiger charge is 2.12. The third kappa shape index (κ3) is 2.68. The van der Waals surface area contributed by atoms with Gasteiger partial charge in [-0.25, -0.2) is 0 Å². The molecule has 0 atom stereocenters. The van der Waals surface area contributed by atoms with Crippen molar-refractivity contribution in [3.8, 4) is 0 Å². The van der Waals surface area contributed by atoms with Crippen LogP contribution in [0.25, 0.3) is 0 Å². The average molecular weight is 347 g/mol. The molecule has 3 nitrogen and oxygen atoms in total. The monoisotopic (exact) mass is 345 g/mol. The van der Waals surface area contributed by atoms with Crippen LogP contribution in [0.1, 0.15) is 11.4 Å². The van der Waals surface area contributed by atoms with Gasteiger partial charge >= 0.3 is 0 Å². The van der Waals surface area contributed by atoms with Crippen molar-refractivity contribution in [2.24, 2.45) is 7.05 Å². The van der Waals surface area contributed by atoms with Crippen molar-refractivity contribution in [1.82, 2.24) is 9.78 Å². The molecule has 0 bridgehead atoms. The molecule has 96 valence electrons. The Labute approximate surface area is 124 Å². The highest BCUT2D eigenvalue weighted by Crippen LogP contribution is 2.36. The molecule has 2 N–H and O–H groups in total. The van der Waals surface area contributed by atoms with E-state index >= 15 is 0 Å². The van der Waals surface area contributed by atoms with Crippen LogP contribution in [0.4, 0.5) is 5.69 Å². The molecular weight excluding hydrogens is 334 g/mol. The fourth-order valence-corrected chi connectivity index (χ4v) is 3.72. The fourth-order valence-electron chi connectivity index (χ4n) is 1.66. The van der Waals surface area contributed by atoms with E-state index in [9.17, 15) is 0 Å². The molecule has 0 spiro atoms. The summed E-state index contributed by atoms with van der Waals surface area (Å²) in [6, 6.07) is 5.56. The Morgan fingerprint density at radius 1 is 1.50 bits per heavy atom. The largest absolute Gasteiger partial charge is 0.398 e. The summed E-state index contributed by atoms with van der Waals surface area (Å²) >= 11 is 11.3. The van der Waals surface area contributed by atoms with Gasteiger partial charge in [-0.3, -0.25) is 4.68 Å². The first-order chi connectivity index (χ1) is 8.50. The number of hydrogen-bond acceptors (Lipinski definition) is 3. The van der Waals surface area contributed by atoms with Crippen LogP contribution < -0.4 is 5.73 Å². The summed E-state index contributed by atoms with van der Waals surface area (Å²) in [5, 5.41) is 5.05. The number of halogens is 2. The molecule has 0 unspecified atom stereocenters. The molecule has 18 heavy (non-hydrogen) atoms. The summed E-state index contributed by atoms with van der Waals surface area (Å²) in [4.78, 5) is 0.921. The minimum Gasteiger partial charge on any atom is -0.398 e. The molecule has 6 heteroatoms. The van der Waals surface area contributed by atoms with Crippen molar-refractivity contribution in [3.63, 3.8) is 0 Å². The third-order valence-corrected chi connectivity index (χ3v) is 5.23. The zero-order valence-corrected chi connectivity index (χ0v) is 13.2. The maximum atomic E-state index is 6.15. The van der Waals surface area contributed by atoms with Crippen molar-refractivity contribution in [3.05, 3.63) is 39.1 Å². The van der Waals surface area contributed by atoms with E-state index in [1.165, 1.54) is 0 Å². The Bertz CT molecular complexity index is 563. The molecule has 0 saturated heterocycles. The molecule has 1 aromatic carbocycles. The normalized spacial score (nSPS) is 10.9. The van der Waals surface area contributed by atoms with Gasteiger partial charge in [0, 0.05) is 23.4 Å². The summed E-state index contributed by atoms with van der Waals surface area (Å²) in [5.74, 6) is 0.770. The minimum atomic E-state index is 0.690. The molecule has 0 amide bonds. The zero-order chi connectivity index (χ0) is 13.3. The fraction of sp³-hybridized carbons (Fsp3) is 0.250. The molecule has 0 fully saturated rings. The molecule has 0 radical (unpaired) electrons. The van der Waals surface area contributed by atoms with Gasteiger partial charge in [0.05, 0.1) is 20.9 Å².